The van der Waals surface area contributed by atoms with E-state index in [1.165, 1.54) is 25.7 Å². The lowest BCUT2D eigenvalue weighted by atomic mass is 10.1. The van der Waals surface area contributed by atoms with Gasteiger partial charge in [-0.3, -0.25) is 13.8 Å². The molecule has 9 heteroatoms. The van der Waals surface area contributed by atoms with E-state index in [-0.39, 0.29) is 19.2 Å². The molecule has 0 saturated carbocycles. The van der Waals surface area contributed by atoms with Crippen LogP contribution in [0.2, 0.25) is 0 Å². The van der Waals surface area contributed by atoms with Crippen molar-refractivity contribution in [3.8, 4) is 0 Å². The molecule has 0 rings (SSSR count). The van der Waals surface area contributed by atoms with E-state index < -0.39 is 20.5 Å². The first-order chi connectivity index (χ1) is 16.6. The molecule has 0 aromatic rings. The summed E-state index contributed by atoms with van der Waals surface area (Å²) < 4.78 is 27.0. The summed E-state index contributed by atoms with van der Waals surface area (Å²) >= 11 is 0. The first kappa shape index (κ1) is 34.0. The van der Waals surface area contributed by atoms with Gasteiger partial charge in [0.05, 0.1) is 27.7 Å². The molecule has 2 unspecified atom stereocenters. The quantitative estimate of drug-likeness (QED) is 0.0599. The Kier molecular flexibility index (Phi) is 20.5. The molecule has 0 aliphatic heterocycles. The fourth-order valence-corrected chi connectivity index (χ4v) is 3.79. The number of phosphoric acid groups is 1. The number of carbonyl (C=O) groups is 1. The Bertz CT molecular complexity index is 632. The van der Waals surface area contributed by atoms with Gasteiger partial charge in [-0.05, 0) is 38.5 Å². The lowest BCUT2D eigenvalue weighted by molar-refractivity contribution is -0.870. The summed E-state index contributed by atoms with van der Waals surface area (Å²) in [5, 5.41) is 9.82. The number of esters is 1. The Morgan fingerprint density at radius 2 is 1.49 bits per heavy atom. The highest BCUT2D eigenvalue weighted by Crippen LogP contribution is 2.43. The Labute approximate surface area is 213 Å². The molecule has 0 spiro atoms. The van der Waals surface area contributed by atoms with Gasteiger partial charge in [0.25, 0.3) is 0 Å². The van der Waals surface area contributed by atoms with E-state index in [2.05, 4.69) is 31.2 Å². The van der Waals surface area contributed by atoms with Crippen LogP contribution in [0.3, 0.4) is 0 Å². The highest BCUT2D eigenvalue weighted by molar-refractivity contribution is 7.47. The predicted molar refractivity (Wildman–Crippen MR) is 141 cm³/mol. The Morgan fingerprint density at radius 3 is 2.11 bits per heavy atom. The van der Waals surface area contributed by atoms with Crippen molar-refractivity contribution in [2.24, 2.45) is 0 Å². The molecule has 8 nitrogen and oxygen atoms in total. The summed E-state index contributed by atoms with van der Waals surface area (Å²) in [4.78, 5) is 21.4. The largest absolute Gasteiger partial charge is 0.472 e. The number of hydrogen-bond acceptors (Lipinski definition) is 6. The van der Waals surface area contributed by atoms with Gasteiger partial charge in [-0.15, -0.1) is 0 Å². The standard InChI is InChI=1S/C26H50NO7P/c1-5-6-7-8-9-10-11-12-13-14-15-16-17-18-19-20-26(29)32-23-25(28)24-34-35(30,31)33-22-21-27(2,3)4/h9-10,12-13,25,28H,5-8,11,14-24H2,1-4H3/p+1/b10-9-,13-12-. The molecular formula is C26H51NO7P+. The van der Waals surface area contributed by atoms with Crippen LogP contribution >= 0.6 is 7.82 Å². The van der Waals surface area contributed by atoms with Crippen LogP contribution in [0.1, 0.15) is 84.0 Å². The molecule has 0 aliphatic rings. The highest BCUT2D eigenvalue weighted by atomic mass is 31.2. The maximum absolute atomic E-state index is 11.8. The van der Waals surface area contributed by atoms with Gasteiger partial charge in [-0.1, -0.05) is 63.3 Å². The van der Waals surface area contributed by atoms with Crippen molar-refractivity contribution < 1.29 is 37.6 Å². The molecule has 0 aliphatic carbocycles. The third kappa shape index (κ3) is 25.9. The highest BCUT2D eigenvalue weighted by Gasteiger charge is 2.24. The van der Waals surface area contributed by atoms with Crippen molar-refractivity contribution in [2.45, 2.75) is 90.1 Å². The average molecular weight is 521 g/mol. The lowest BCUT2D eigenvalue weighted by Gasteiger charge is -2.24. The fourth-order valence-electron chi connectivity index (χ4n) is 3.04. The van der Waals surface area contributed by atoms with Gasteiger partial charge in [-0.2, -0.15) is 0 Å². The predicted octanol–water partition coefficient (Wildman–Crippen LogP) is 5.54. The van der Waals surface area contributed by atoms with Gasteiger partial charge in [0.1, 0.15) is 25.9 Å². The molecule has 0 radical (unpaired) electrons. The minimum Gasteiger partial charge on any atom is -0.463 e. The van der Waals surface area contributed by atoms with Crippen LogP contribution in [-0.4, -0.2) is 74.1 Å². The van der Waals surface area contributed by atoms with Gasteiger partial charge in [-0.25, -0.2) is 4.57 Å². The normalized spacial score (nSPS) is 15.0. The molecule has 0 amide bonds. The second kappa shape index (κ2) is 21.1. The van der Waals surface area contributed by atoms with E-state index >= 15 is 0 Å². The van der Waals surface area contributed by atoms with Gasteiger partial charge in [0.15, 0.2) is 0 Å². The number of nitrogens with zero attached hydrogens (tertiary/aromatic N) is 1. The molecule has 0 fully saturated rings. The number of aliphatic hydroxyl groups excluding tert-OH is 1. The second-order valence-corrected chi connectivity index (χ2v) is 11.4. The van der Waals surface area contributed by atoms with Crippen LogP contribution in [0.25, 0.3) is 0 Å². The molecule has 206 valence electrons. The molecule has 2 atom stereocenters. The Balaban J connectivity index is 3.64. The van der Waals surface area contributed by atoms with E-state index in [0.29, 0.717) is 17.4 Å². The summed E-state index contributed by atoms with van der Waals surface area (Å²) in [5.74, 6) is -0.388. The number of allylic oxidation sites excluding steroid dienone is 4. The minimum absolute atomic E-state index is 0.0515. The van der Waals surface area contributed by atoms with Gasteiger partial charge >= 0.3 is 13.8 Å². The molecule has 35 heavy (non-hydrogen) atoms. The van der Waals surface area contributed by atoms with Gasteiger partial charge in [0, 0.05) is 6.42 Å². The fraction of sp³-hybridized carbons (Fsp3) is 0.808. The van der Waals surface area contributed by atoms with Crippen LogP contribution in [0.5, 0.6) is 0 Å². The van der Waals surface area contributed by atoms with Gasteiger partial charge < -0.3 is 19.2 Å². The van der Waals surface area contributed by atoms with E-state index in [1.54, 1.807) is 0 Å². The Morgan fingerprint density at radius 1 is 0.886 bits per heavy atom. The summed E-state index contributed by atoms with van der Waals surface area (Å²) in [6, 6.07) is 0. The third-order valence-electron chi connectivity index (χ3n) is 5.21. The molecule has 0 aromatic heterocycles. The summed E-state index contributed by atoms with van der Waals surface area (Å²) in [6.45, 7) is 2.07. The Hall–Kier alpha value is -1.02. The average Bonchev–Trinajstić information content (AvgIpc) is 2.78. The third-order valence-corrected chi connectivity index (χ3v) is 6.20. The first-order valence-electron chi connectivity index (χ1n) is 13.1. The summed E-state index contributed by atoms with van der Waals surface area (Å²) in [5.41, 5.74) is 0. The summed E-state index contributed by atoms with van der Waals surface area (Å²) in [6.07, 6.45) is 20.3. The van der Waals surface area contributed by atoms with Crippen molar-refractivity contribution >= 4 is 13.8 Å². The first-order valence-corrected chi connectivity index (χ1v) is 14.6. The topological polar surface area (TPSA) is 102 Å². The van der Waals surface area contributed by atoms with E-state index in [0.717, 1.165) is 44.9 Å². The number of phosphoric ester groups is 1. The maximum Gasteiger partial charge on any atom is 0.472 e. The molecule has 0 aromatic carbocycles. The molecule has 0 bridgehead atoms. The van der Waals surface area contributed by atoms with Crippen molar-refractivity contribution in [3.63, 3.8) is 0 Å². The zero-order valence-electron chi connectivity index (χ0n) is 22.5. The molecule has 0 heterocycles. The maximum atomic E-state index is 11.8. The number of carbonyl (C=O) groups excluding carboxylic acids is 1. The second-order valence-electron chi connectivity index (χ2n) is 9.93. The van der Waals surface area contributed by atoms with E-state index in [4.69, 9.17) is 13.8 Å². The number of rotatable bonds is 23. The number of ether oxygens (including phenoxy) is 1. The zero-order valence-corrected chi connectivity index (χ0v) is 23.4. The van der Waals surface area contributed by atoms with E-state index in [9.17, 15) is 19.4 Å². The number of unbranched alkanes of at least 4 members (excludes halogenated alkanes) is 8. The number of likely N-dealkylation sites (N-methyl/N-ethyl adjacent to an activating group) is 1. The van der Waals surface area contributed by atoms with Gasteiger partial charge in [0.2, 0.25) is 0 Å². The molecule has 0 saturated heterocycles. The van der Waals surface area contributed by atoms with Crippen molar-refractivity contribution in [3.05, 3.63) is 24.3 Å². The SMILES string of the molecule is CCCCC/C=C\C/C=C\CCCCCCCC(=O)OCC(O)COP(=O)(O)OCC[N+](C)(C)C. The number of hydrogen-bond donors (Lipinski definition) is 2. The monoisotopic (exact) mass is 520 g/mol. The minimum atomic E-state index is -4.24. The van der Waals surface area contributed by atoms with Crippen LogP contribution in [-0.2, 0) is 23.1 Å². The van der Waals surface area contributed by atoms with Crippen molar-refractivity contribution in [2.75, 3.05) is 47.5 Å². The van der Waals surface area contributed by atoms with Crippen molar-refractivity contribution in [1.82, 2.24) is 0 Å². The molecular weight excluding hydrogens is 469 g/mol. The number of aliphatic hydroxyl groups is 1. The number of quaternary nitrogens is 1. The molecule has 2 N–H and O–H groups in total. The van der Waals surface area contributed by atoms with Crippen LogP contribution < -0.4 is 0 Å². The zero-order chi connectivity index (χ0) is 26.4. The van der Waals surface area contributed by atoms with Crippen molar-refractivity contribution in [1.29, 1.82) is 0 Å². The van der Waals surface area contributed by atoms with E-state index in [1.807, 2.05) is 21.1 Å². The lowest BCUT2D eigenvalue weighted by Crippen LogP contribution is -2.37. The van der Waals surface area contributed by atoms with Crippen LogP contribution in [0.15, 0.2) is 24.3 Å². The smallest absolute Gasteiger partial charge is 0.463 e. The van der Waals surface area contributed by atoms with Crippen LogP contribution in [0.4, 0.5) is 0 Å². The van der Waals surface area contributed by atoms with Crippen LogP contribution in [0, 0.1) is 0 Å². The summed E-state index contributed by atoms with van der Waals surface area (Å²) in [7, 11) is 1.55.